The van der Waals surface area contributed by atoms with E-state index in [9.17, 15) is 18.5 Å². The highest BCUT2D eigenvalue weighted by atomic mass is 32.2. The molecule has 0 unspecified atom stereocenters. The van der Waals surface area contributed by atoms with Crippen LogP contribution in [0.5, 0.6) is 0 Å². The highest BCUT2D eigenvalue weighted by molar-refractivity contribution is 7.89. The fourth-order valence-electron chi connectivity index (χ4n) is 2.50. The number of nitro benzene ring substituents is 1. The lowest BCUT2D eigenvalue weighted by Crippen LogP contribution is -2.49. The van der Waals surface area contributed by atoms with Crippen molar-refractivity contribution in [2.75, 3.05) is 45.9 Å². The number of hydrogen-bond donors (Lipinski definition) is 0. The number of sulfonamides is 1. The zero-order valence-corrected chi connectivity index (χ0v) is 13.9. The lowest BCUT2D eigenvalue weighted by atomic mass is 10.3. The van der Waals surface area contributed by atoms with Crippen LogP contribution in [0.2, 0.25) is 0 Å². The Morgan fingerprint density at radius 3 is 2.48 bits per heavy atom. The Hall–Kier alpha value is -1.55. The van der Waals surface area contributed by atoms with E-state index in [0.717, 1.165) is 6.54 Å². The van der Waals surface area contributed by atoms with Gasteiger partial charge in [0.25, 0.3) is 5.69 Å². The average molecular weight is 343 g/mol. The second-order valence-corrected chi connectivity index (χ2v) is 7.07. The predicted octanol–water partition coefficient (Wildman–Crippen LogP) is 0.938. The van der Waals surface area contributed by atoms with Crippen molar-refractivity contribution in [2.24, 2.45) is 0 Å². The van der Waals surface area contributed by atoms with Crippen molar-refractivity contribution in [3.05, 3.63) is 34.4 Å². The number of benzene rings is 1. The molecule has 1 aliphatic rings. The molecule has 1 saturated heterocycles. The summed E-state index contributed by atoms with van der Waals surface area (Å²) in [5.41, 5.74) is -0.383. The minimum absolute atomic E-state index is 0.243. The van der Waals surface area contributed by atoms with Gasteiger partial charge in [-0.05, 0) is 13.0 Å². The van der Waals surface area contributed by atoms with Crippen LogP contribution in [0.3, 0.4) is 0 Å². The van der Waals surface area contributed by atoms with Gasteiger partial charge in [-0.2, -0.15) is 4.31 Å². The van der Waals surface area contributed by atoms with Gasteiger partial charge >= 0.3 is 0 Å². The summed E-state index contributed by atoms with van der Waals surface area (Å²) >= 11 is 0. The van der Waals surface area contributed by atoms with E-state index >= 15 is 0 Å². The van der Waals surface area contributed by atoms with Crippen LogP contribution in [-0.2, 0) is 14.8 Å². The molecule has 1 aromatic rings. The van der Waals surface area contributed by atoms with Gasteiger partial charge in [-0.1, -0.05) is 12.1 Å². The van der Waals surface area contributed by atoms with E-state index in [2.05, 4.69) is 4.90 Å². The molecule has 0 bridgehead atoms. The number of piperazine rings is 1. The second kappa shape index (κ2) is 7.82. The van der Waals surface area contributed by atoms with Gasteiger partial charge in [0, 0.05) is 45.4 Å². The van der Waals surface area contributed by atoms with Crippen molar-refractivity contribution in [3.8, 4) is 0 Å². The Balaban J connectivity index is 2.07. The van der Waals surface area contributed by atoms with E-state index in [0.29, 0.717) is 39.4 Å². The third kappa shape index (κ3) is 4.25. The van der Waals surface area contributed by atoms with Crippen molar-refractivity contribution in [1.29, 1.82) is 0 Å². The molecule has 1 aliphatic heterocycles. The van der Waals surface area contributed by atoms with E-state index < -0.39 is 14.9 Å². The molecule has 128 valence electrons. The molecule has 0 aromatic heterocycles. The van der Waals surface area contributed by atoms with E-state index in [4.69, 9.17) is 4.74 Å². The molecule has 0 amide bonds. The van der Waals surface area contributed by atoms with Crippen LogP contribution in [0.15, 0.2) is 29.2 Å². The highest BCUT2D eigenvalue weighted by Gasteiger charge is 2.33. The number of hydrogen-bond acceptors (Lipinski definition) is 6. The first kappa shape index (κ1) is 17.8. The smallest absolute Gasteiger partial charge is 0.289 e. The third-order valence-corrected chi connectivity index (χ3v) is 5.71. The molecular formula is C14H21N3O5S. The lowest BCUT2D eigenvalue weighted by Gasteiger charge is -2.33. The van der Waals surface area contributed by atoms with E-state index in [1.54, 1.807) is 0 Å². The Bertz CT molecular complexity index is 642. The van der Waals surface area contributed by atoms with Gasteiger partial charge < -0.3 is 4.74 Å². The molecule has 8 nitrogen and oxygen atoms in total. The molecule has 1 heterocycles. The zero-order valence-electron chi connectivity index (χ0n) is 13.1. The molecule has 0 aliphatic carbocycles. The third-order valence-electron chi connectivity index (χ3n) is 3.77. The first-order valence-corrected chi connectivity index (χ1v) is 8.94. The molecule has 2 rings (SSSR count). The van der Waals surface area contributed by atoms with Crippen molar-refractivity contribution in [1.82, 2.24) is 9.21 Å². The van der Waals surface area contributed by atoms with E-state index in [1.807, 2.05) is 6.92 Å². The lowest BCUT2D eigenvalue weighted by molar-refractivity contribution is -0.387. The molecule has 0 saturated carbocycles. The fraction of sp³-hybridized carbons (Fsp3) is 0.571. The van der Waals surface area contributed by atoms with Crippen LogP contribution in [0.4, 0.5) is 5.69 Å². The van der Waals surface area contributed by atoms with Crippen molar-refractivity contribution >= 4 is 15.7 Å². The summed E-state index contributed by atoms with van der Waals surface area (Å²) in [6.07, 6.45) is 0. The number of nitrogens with zero attached hydrogens (tertiary/aromatic N) is 3. The standard InChI is InChI=1S/C14H21N3O5S/c1-2-22-12-11-15-7-9-16(10-8-15)23(20,21)14-6-4-3-5-13(14)17(18)19/h3-6H,2,7-12H2,1H3. The maximum atomic E-state index is 12.7. The van der Waals surface area contributed by atoms with Crippen LogP contribution in [0.1, 0.15) is 6.92 Å². The van der Waals surface area contributed by atoms with Crippen molar-refractivity contribution < 1.29 is 18.1 Å². The van der Waals surface area contributed by atoms with Crippen LogP contribution in [-0.4, -0.2) is 68.5 Å². The molecule has 0 atom stereocenters. The maximum Gasteiger partial charge on any atom is 0.289 e. The number of ether oxygens (including phenoxy) is 1. The molecule has 0 N–H and O–H groups in total. The maximum absolute atomic E-state index is 12.7. The minimum Gasteiger partial charge on any atom is -0.380 e. The van der Waals surface area contributed by atoms with E-state index in [-0.39, 0.29) is 10.6 Å². The molecular weight excluding hydrogens is 322 g/mol. The minimum atomic E-state index is -3.85. The fourth-order valence-corrected chi connectivity index (χ4v) is 4.08. The number of para-hydroxylation sites is 1. The summed E-state index contributed by atoms with van der Waals surface area (Å²) in [6.45, 7) is 5.78. The SMILES string of the molecule is CCOCCN1CCN(S(=O)(=O)c2ccccc2[N+](=O)[O-])CC1. The predicted molar refractivity (Wildman–Crippen MR) is 84.8 cm³/mol. The van der Waals surface area contributed by atoms with Gasteiger partial charge in [0.15, 0.2) is 4.90 Å². The molecule has 1 fully saturated rings. The summed E-state index contributed by atoms with van der Waals surface area (Å²) < 4.78 is 31.9. The van der Waals surface area contributed by atoms with E-state index in [1.165, 1.54) is 28.6 Å². The molecule has 0 radical (unpaired) electrons. The van der Waals surface area contributed by atoms with Crippen molar-refractivity contribution in [2.45, 2.75) is 11.8 Å². The summed E-state index contributed by atoms with van der Waals surface area (Å²) in [6, 6.07) is 5.46. The summed E-state index contributed by atoms with van der Waals surface area (Å²) in [4.78, 5) is 12.3. The highest BCUT2D eigenvalue weighted by Crippen LogP contribution is 2.26. The Labute approximate surface area is 135 Å². The molecule has 9 heteroatoms. The normalized spacial score (nSPS) is 17.3. The number of rotatable bonds is 7. The monoisotopic (exact) mass is 343 g/mol. The van der Waals surface area contributed by atoms with Crippen LogP contribution < -0.4 is 0 Å². The largest absolute Gasteiger partial charge is 0.380 e. The molecule has 23 heavy (non-hydrogen) atoms. The quantitative estimate of drug-likeness (QED) is 0.415. The first-order chi connectivity index (χ1) is 11.0. The Kier molecular flexibility index (Phi) is 6.05. The number of nitro groups is 1. The summed E-state index contributed by atoms with van der Waals surface area (Å²) in [5.74, 6) is 0. The Morgan fingerprint density at radius 2 is 1.87 bits per heavy atom. The van der Waals surface area contributed by atoms with Crippen LogP contribution >= 0.6 is 0 Å². The van der Waals surface area contributed by atoms with Crippen LogP contribution in [0.25, 0.3) is 0 Å². The first-order valence-electron chi connectivity index (χ1n) is 7.50. The van der Waals surface area contributed by atoms with Gasteiger partial charge in [0.1, 0.15) is 0 Å². The van der Waals surface area contributed by atoms with Gasteiger partial charge in [0.2, 0.25) is 10.0 Å². The topological polar surface area (TPSA) is 93.0 Å². The average Bonchev–Trinajstić information content (AvgIpc) is 2.55. The zero-order chi connectivity index (χ0) is 16.9. The Morgan fingerprint density at radius 1 is 1.22 bits per heavy atom. The molecule has 1 aromatic carbocycles. The van der Waals surface area contributed by atoms with Gasteiger partial charge in [0.05, 0.1) is 11.5 Å². The summed E-state index contributed by atoms with van der Waals surface area (Å²) in [5, 5.41) is 11.1. The van der Waals surface area contributed by atoms with Gasteiger partial charge in [-0.15, -0.1) is 0 Å². The van der Waals surface area contributed by atoms with Gasteiger partial charge in [-0.3, -0.25) is 15.0 Å². The summed E-state index contributed by atoms with van der Waals surface area (Å²) in [7, 11) is -3.85. The van der Waals surface area contributed by atoms with Gasteiger partial charge in [-0.25, -0.2) is 8.42 Å². The van der Waals surface area contributed by atoms with Crippen LogP contribution in [0, 0.1) is 10.1 Å². The molecule has 0 spiro atoms. The van der Waals surface area contributed by atoms with Crippen molar-refractivity contribution in [3.63, 3.8) is 0 Å². The second-order valence-electron chi connectivity index (χ2n) is 5.17.